The molecule has 2 rings (SSSR count). The Bertz CT molecular complexity index is 499. The Balaban J connectivity index is 2.37. The number of aliphatic carboxylic acids is 1. The lowest BCUT2D eigenvalue weighted by Gasteiger charge is -2.26. The van der Waals surface area contributed by atoms with Crippen LogP contribution in [0.3, 0.4) is 0 Å². The minimum absolute atomic E-state index is 0.0458. The highest BCUT2D eigenvalue weighted by Crippen LogP contribution is 2.41. The zero-order chi connectivity index (χ0) is 14.0. The van der Waals surface area contributed by atoms with Crippen molar-refractivity contribution in [3.05, 3.63) is 22.8 Å². The van der Waals surface area contributed by atoms with Crippen LogP contribution in [0.1, 0.15) is 35.6 Å². The molecule has 0 saturated heterocycles. The number of carboxylic acids is 1. The third kappa shape index (κ3) is 2.81. The van der Waals surface area contributed by atoms with Crippen LogP contribution < -0.4 is 15.2 Å². The van der Waals surface area contributed by atoms with Crippen LogP contribution in [-0.2, 0) is 4.79 Å². The van der Waals surface area contributed by atoms with Crippen molar-refractivity contribution < 1.29 is 19.4 Å². The van der Waals surface area contributed by atoms with Crippen LogP contribution in [-0.4, -0.2) is 24.3 Å². The summed E-state index contributed by atoms with van der Waals surface area (Å²) in [6, 6.07) is 1.59. The Morgan fingerprint density at radius 2 is 2.11 bits per heavy atom. The monoisotopic (exact) mass is 265 g/mol. The Labute approximate surface area is 112 Å². The Kier molecular flexibility index (Phi) is 3.95. The van der Waals surface area contributed by atoms with Crippen molar-refractivity contribution in [2.75, 3.05) is 13.2 Å². The van der Waals surface area contributed by atoms with Gasteiger partial charge in [0.1, 0.15) is 13.2 Å². The summed E-state index contributed by atoms with van der Waals surface area (Å²) in [5.74, 6) is 0.536. The van der Waals surface area contributed by atoms with E-state index in [1.807, 2.05) is 19.9 Å². The number of nitrogens with two attached hydrogens (primary N) is 1. The Morgan fingerprint density at radius 1 is 1.42 bits per heavy atom. The zero-order valence-electron chi connectivity index (χ0n) is 11.2. The summed E-state index contributed by atoms with van der Waals surface area (Å²) in [7, 11) is 0. The molecule has 5 nitrogen and oxygen atoms in total. The molecular formula is C14H19NO4. The van der Waals surface area contributed by atoms with Gasteiger partial charge in [-0.3, -0.25) is 4.79 Å². The molecule has 0 aromatic heterocycles. The highest BCUT2D eigenvalue weighted by atomic mass is 16.6. The summed E-state index contributed by atoms with van der Waals surface area (Å²) in [6.45, 7) is 4.98. The fourth-order valence-corrected chi connectivity index (χ4v) is 2.31. The number of ether oxygens (including phenoxy) is 2. The van der Waals surface area contributed by atoms with Gasteiger partial charge >= 0.3 is 5.97 Å². The van der Waals surface area contributed by atoms with Crippen LogP contribution in [0.5, 0.6) is 11.5 Å². The predicted octanol–water partition coefficient (Wildman–Crippen LogP) is 1.94. The lowest BCUT2D eigenvalue weighted by molar-refractivity contribution is -0.137. The third-order valence-electron chi connectivity index (χ3n) is 3.44. The van der Waals surface area contributed by atoms with Gasteiger partial charge < -0.3 is 20.3 Å². The van der Waals surface area contributed by atoms with Crippen molar-refractivity contribution in [2.45, 2.75) is 32.7 Å². The number of carboxylic acid groups (broad SMARTS) is 1. The first-order chi connectivity index (χ1) is 9.00. The van der Waals surface area contributed by atoms with Crippen LogP contribution in [0.25, 0.3) is 0 Å². The lowest BCUT2D eigenvalue weighted by Crippen LogP contribution is -2.21. The van der Waals surface area contributed by atoms with Gasteiger partial charge in [0.25, 0.3) is 0 Å². The molecule has 1 unspecified atom stereocenters. The topological polar surface area (TPSA) is 81.8 Å². The lowest BCUT2D eigenvalue weighted by atomic mass is 9.93. The maximum absolute atomic E-state index is 10.7. The molecule has 0 radical (unpaired) electrons. The quantitative estimate of drug-likeness (QED) is 0.869. The summed E-state index contributed by atoms with van der Waals surface area (Å²) in [5.41, 5.74) is 9.13. The molecule has 1 aliphatic rings. The fourth-order valence-electron chi connectivity index (χ4n) is 2.31. The SMILES string of the molecule is Cc1cc2c(c(C(N)CCC(=O)O)c1C)OCCO2. The minimum atomic E-state index is -0.841. The van der Waals surface area contributed by atoms with Gasteiger partial charge in [0, 0.05) is 18.0 Å². The molecule has 1 aliphatic heterocycles. The summed E-state index contributed by atoms with van der Waals surface area (Å²) in [6.07, 6.45) is 0.430. The molecule has 0 saturated carbocycles. The van der Waals surface area contributed by atoms with E-state index in [2.05, 4.69) is 0 Å². The molecule has 1 aromatic rings. The third-order valence-corrected chi connectivity index (χ3v) is 3.44. The van der Waals surface area contributed by atoms with E-state index >= 15 is 0 Å². The fraction of sp³-hybridized carbons (Fsp3) is 0.500. The molecule has 104 valence electrons. The zero-order valence-corrected chi connectivity index (χ0v) is 11.2. The van der Waals surface area contributed by atoms with Gasteiger partial charge in [0.2, 0.25) is 0 Å². The molecule has 3 N–H and O–H groups in total. The van der Waals surface area contributed by atoms with Crippen molar-refractivity contribution in [3.8, 4) is 11.5 Å². The van der Waals surface area contributed by atoms with Crippen LogP contribution >= 0.6 is 0 Å². The van der Waals surface area contributed by atoms with Crippen LogP contribution in [0.2, 0.25) is 0 Å². The second kappa shape index (κ2) is 5.48. The molecule has 0 fully saturated rings. The van der Waals surface area contributed by atoms with E-state index in [0.29, 0.717) is 31.1 Å². The van der Waals surface area contributed by atoms with Gasteiger partial charge in [-0.25, -0.2) is 0 Å². The summed E-state index contributed by atoms with van der Waals surface area (Å²) < 4.78 is 11.2. The van der Waals surface area contributed by atoms with E-state index in [1.54, 1.807) is 0 Å². The van der Waals surface area contributed by atoms with Gasteiger partial charge in [0.15, 0.2) is 11.5 Å². The van der Waals surface area contributed by atoms with Crippen molar-refractivity contribution in [3.63, 3.8) is 0 Å². The second-order valence-electron chi connectivity index (χ2n) is 4.80. The highest BCUT2D eigenvalue weighted by molar-refractivity contribution is 5.67. The van der Waals surface area contributed by atoms with Crippen molar-refractivity contribution in [1.29, 1.82) is 0 Å². The Hall–Kier alpha value is -1.75. The normalized spacial score (nSPS) is 15.1. The number of hydrogen-bond donors (Lipinski definition) is 2. The molecule has 0 amide bonds. The highest BCUT2D eigenvalue weighted by Gasteiger charge is 2.24. The molecule has 5 heteroatoms. The van der Waals surface area contributed by atoms with Crippen molar-refractivity contribution in [1.82, 2.24) is 0 Å². The number of rotatable bonds is 4. The molecule has 1 aromatic carbocycles. The maximum Gasteiger partial charge on any atom is 0.303 e. The van der Waals surface area contributed by atoms with E-state index in [1.165, 1.54) is 0 Å². The van der Waals surface area contributed by atoms with E-state index in [9.17, 15) is 4.79 Å². The number of benzene rings is 1. The van der Waals surface area contributed by atoms with Gasteiger partial charge in [-0.15, -0.1) is 0 Å². The second-order valence-corrected chi connectivity index (χ2v) is 4.80. The van der Waals surface area contributed by atoms with Gasteiger partial charge in [-0.05, 0) is 37.5 Å². The van der Waals surface area contributed by atoms with Gasteiger partial charge in [0.05, 0.1) is 0 Å². The first-order valence-electron chi connectivity index (χ1n) is 6.37. The van der Waals surface area contributed by atoms with Crippen molar-refractivity contribution in [2.24, 2.45) is 5.73 Å². The van der Waals surface area contributed by atoms with E-state index in [0.717, 1.165) is 16.7 Å². The molecule has 0 bridgehead atoms. The van der Waals surface area contributed by atoms with E-state index < -0.39 is 5.97 Å². The minimum Gasteiger partial charge on any atom is -0.486 e. The van der Waals surface area contributed by atoms with Crippen LogP contribution in [0.4, 0.5) is 0 Å². The van der Waals surface area contributed by atoms with E-state index in [4.69, 9.17) is 20.3 Å². The molecule has 0 aliphatic carbocycles. The molecular weight excluding hydrogens is 246 g/mol. The summed E-state index contributed by atoms with van der Waals surface area (Å²) in [5, 5.41) is 8.76. The first kappa shape index (κ1) is 13.7. The molecule has 1 heterocycles. The number of hydrogen-bond acceptors (Lipinski definition) is 4. The summed E-state index contributed by atoms with van der Waals surface area (Å²) >= 11 is 0. The van der Waals surface area contributed by atoms with Crippen LogP contribution in [0, 0.1) is 13.8 Å². The van der Waals surface area contributed by atoms with Gasteiger partial charge in [-0.1, -0.05) is 0 Å². The largest absolute Gasteiger partial charge is 0.486 e. The average molecular weight is 265 g/mol. The number of aryl methyl sites for hydroxylation is 1. The maximum atomic E-state index is 10.7. The van der Waals surface area contributed by atoms with Gasteiger partial charge in [-0.2, -0.15) is 0 Å². The average Bonchev–Trinajstić information content (AvgIpc) is 2.37. The first-order valence-corrected chi connectivity index (χ1v) is 6.37. The molecule has 19 heavy (non-hydrogen) atoms. The molecule has 0 spiro atoms. The Morgan fingerprint density at radius 3 is 2.79 bits per heavy atom. The molecule has 1 atom stereocenters. The predicted molar refractivity (Wildman–Crippen MR) is 70.7 cm³/mol. The van der Waals surface area contributed by atoms with Crippen molar-refractivity contribution >= 4 is 5.97 Å². The summed E-state index contributed by atoms with van der Waals surface area (Å²) in [4.78, 5) is 10.7. The number of carbonyl (C=O) groups is 1. The van der Waals surface area contributed by atoms with Crippen LogP contribution in [0.15, 0.2) is 6.07 Å². The smallest absolute Gasteiger partial charge is 0.303 e. The standard InChI is InChI=1S/C14H19NO4/c1-8-7-11-14(19-6-5-18-11)13(9(8)2)10(15)3-4-12(16)17/h7,10H,3-6,15H2,1-2H3,(H,16,17). The van der Waals surface area contributed by atoms with E-state index in [-0.39, 0.29) is 12.5 Å². The number of fused-ring (bicyclic) bond motifs is 1.